The van der Waals surface area contributed by atoms with Gasteiger partial charge in [-0.15, -0.1) is 5.10 Å². The molecule has 1 aromatic heterocycles. The Labute approximate surface area is 119 Å². The highest BCUT2D eigenvalue weighted by Gasteiger charge is 2.10. The number of hydrogen-bond donors (Lipinski definition) is 1. The highest BCUT2D eigenvalue weighted by atomic mass is 19.1. The summed E-state index contributed by atoms with van der Waals surface area (Å²) in [5.74, 6) is -0.189. The fourth-order valence-corrected chi connectivity index (χ4v) is 2.20. The molecular weight excluding hydrogens is 255 g/mol. The van der Waals surface area contributed by atoms with E-state index in [-0.39, 0.29) is 11.9 Å². The van der Waals surface area contributed by atoms with Crippen LogP contribution in [0.3, 0.4) is 0 Å². The van der Waals surface area contributed by atoms with E-state index in [9.17, 15) is 4.39 Å². The van der Waals surface area contributed by atoms with E-state index in [1.54, 1.807) is 10.9 Å². The Morgan fingerprint density at radius 3 is 2.75 bits per heavy atom. The van der Waals surface area contributed by atoms with Gasteiger partial charge in [-0.05, 0) is 24.1 Å². The van der Waals surface area contributed by atoms with Crippen LogP contribution in [0.4, 0.5) is 4.39 Å². The number of hydrogen-bond acceptors (Lipinski definition) is 3. The molecule has 2 aromatic rings. The second-order valence-corrected chi connectivity index (χ2v) is 4.87. The largest absolute Gasteiger partial charge is 0.308 e. The summed E-state index contributed by atoms with van der Waals surface area (Å²) in [5, 5.41) is 11.2. The predicted molar refractivity (Wildman–Crippen MR) is 76.7 cm³/mol. The maximum absolute atomic E-state index is 13.0. The standard InChI is InChI=1S/C15H21FN4/c1-2-3-4-15(13-5-7-14(16)8-6-13)17-9-11-20-12-10-18-19-20/h5-8,10,12,15,17H,2-4,9,11H2,1H3. The molecule has 20 heavy (non-hydrogen) atoms. The van der Waals surface area contributed by atoms with Crippen molar-refractivity contribution in [2.24, 2.45) is 0 Å². The summed E-state index contributed by atoms with van der Waals surface area (Å²) in [6.07, 6.45) is 6.88. The minimum atomic E-state index is -0.189. The van der Waals surface area contributed by atoms with Crippen LogP contribution in [0.1, 0.15) is 37.8 Å². The lowest BCUT2D eigenvalue weighted by Gasteiger charge is -2.19. The topological polar surface area (TPSA) is 42.7 Å². The molecule has 4 nitrogen and oxygen atoms in total. The summed E-state index contributed by atoms with van der Waals surface area (Å²) in [5.41, 5.74) is 1.14. The molecule has 0 aliphatic rings. The second kappa shape index (κ2) is 7.75. The Morgan fingerprint density at radius 2 is 2.10 bits per heavy atom. The first-order valence-corrected chi connectivity index (χ1v) is 7.12. The van der Waals surface area contributed by atoms with Crippen molar-refractivity contribution in [1.29, 1.82) is 0 Å². The van der Waals surface area contributed by atoms with E-state index in [2.05, 4.69) is 22.6 Å². The van der Waals surface area contributed by atoms with Crippen LogP contribution >= 0.6 is 0 Å². The fourth-order valence-electron chi connectivity index (χ4n) is 2.20. The number of rotatable bonds is 8. The molecule has 1 heterocycles. The van der Waals surface area contributed by atoms with Crippen molar-refractivity contribution < 1.29 is 4.39 Å². The second-order valence-electron chi connectivity index (χ2n) is 4.87. The van der Waals surface area contributed by atoms with E-state index in [0.29, 0.717) is 0 Å². The van der Waals surface area contributed by atoms with Gasteiger partial charge in [0, 0.05) is 18.8 Å². The number of halogens is 1. The van der Waals surface area contributed by atoms with Gasteiger partial charge in [0.15, 0.2) is 0 Å². The van der Waals surface area contributed by atoms with Gasteiger partial charge in [-0.2, -0.15) is 0 Å². The van der Waals surface area contributed by atoms with Gasteiger partial charge in [-0.3, -0.25) is 4.68 Å². The normalized spacial score (nSPS) is 12.5. The van der Waals surface area contributed by atoms with E-state index < -0.39 is 0 Å². The third-order valence-electron chi connectivity index (χ3n) is 3.32. The summed E-state index contributed by atoms with van der Waals surface area (Å²) in [4.78, 5) is 0. The molecule has 1 unspecified atom stereocenters. The molecule has 1 aromatic carbocycles. The summed E-state index contributed by atoms with van der Waals surface area (Å²) >= 11 is 0. The predicted octanol–water partition coefficient (Wildman–Crippen LogP) is 2.94. The quantitative estimate of drug-likeness (QED) is 0.806. The van der Waals surface area contributed by atoms with Crippen LogP contribution in [0.2, 0.25) is 0 Å². The average molecular weight is 276 g/mol. The van der Waals surface area contributed by atoms with Crippen molar-refractivity contribution in [3.63, 3.8) is 0 Å². The lowest BCUT2D eigenvalue weighted by atomic mass is 10.0. The van der Waals surface area contributed by atoms with Gasteiger partial charge in [0.1, 0.15) is 5.82 Å². The van der Waals surface area contributed by atoms with E-state index in [4.69, 9.17) is 0 Å². The monoisotopic (exact) mass is 276 g/mol. The summed E-state index contributed by atoms with van der Waals surface area (Å²) in [6.45, 7) is 3.77. The number of nitrogens with zero attached hydrogens (tertiary/aromatic N) is 3. The molecule has 0 aliphatic carbocycles. The lowest BCUT2D eigenvalue weighted by molar-refractivity contribution is 0.449. The summed E-state index contributed by atoms with van der Waals surface area (Å²) in [7, 11) is 0. The first-order valence-electron chi connectivity index (χ1n) is 7.12. The van der Waals surface area contributed by atoms with Gasteiger partial charge >= 0.3 is 0 Å². The molecule has 0 spiro atoms. The van der Waals surface area contributed by atoms with E-state index in [1.165, 1.54) is 12.1 Å². The van der Waals surface area contributed by atoms with Crippen molar-refractivity contribution in [2.45, 2.75) is 38.8 Å². The molecular formula is C15H21FN4. The molecule has 0 radical (unpaired) electrons. The van der Waals surface area contributed by atoms with Crippen LogP contribution in [0.15, 0.2) is 36.7 Å². The van der Waals surface area contributed by atoms with Crippen molar-refractivity contribution >= 4 is 0 Å². The Bertz CT molecular complexity index is 481. The molecule has 108 valence electrons. The van der Waals surface area contributed by atoms with Crippen LogP contribution in [-0.4, -0.2) is 21.5 Å². The SMILES string of the molecule is CCCCC(NCCn1ccnn1)c1ccc(F)cc1. The zero-order valence-electron chi connectivity index (χ0n) is 11.8. The highest BCUT2D eigenvalue weighted by Crippen LogP contribution is 2.19. The molecule has 0 bridgehead atoms. The van der Waals surface area contributed by atoms with Crippen molar-refractivity contribution in [3.05, 3.63) is 48.0 Å². The number of unbranched alkanes of at least 4 members (excludes halogenated alkanes) is 1. The summed E-state index contributed by atoms with van der Waals surface area (Å²) in [6, 6.07) is 7.02. The van der Waals surface area contributed by atoms with Gasteiger partial charge in [0.2, 0.25) is 0 Å². The Balaban J connectivity index is 1.90. The minimum absolute atomic E-state index is 0.189. The fraction of sp³-hybridized carbons (Fsp3) is 0.467. The lowest BCUT2D eigenvalue weighted by Crippen LogP contribution is -2.25. The Kier molecular flexibility index (Phi) is 5.68. The van der Waals surface area contributed by atoms with E-state index in [0.717, 1.165) is 37.9 Å². The molecule has 2 rings (SSSR count). The van der Waals surface area contributed by atoms with Gasteiger partial charge < -0.3 is 5.32 Å². The van der Waals surface area contributed by atoms with Crippen LogP contribution in [0.5, 0.6) is 0 Å². The molecule has 1 atom stereocenters. The van der Waals surface area contributed by atoms with Gasteiger partial charge in [-0.1, -0.05) is 37.1 Å². The van der Waals surface area contributed by atoms with Gasteiger partial charge in [-0.25, -0.2) is 4.39 Å². The van der Waals surface area contributed by atoms with Crippen LogP contribution in [0.25, 0.3) is 0 Å². The van der Waals surface area contributed by atoms with Crippen molar-refractivity contribution in [2.75, 3.05) is 6.54 Å². The first kappa shape index (κ1) is 14.7. The number of aromatic nitrogens is 3. The number of benzene rings is 1. The van der Waals surface area contributed by atoms with Crippen molar-refractivity contribution in [1.82, 2.24) is 20.3 Å². The van der Waals surface area contributed by atoms with Crippen LogP contribution in [0, 0.1) is 5.82 Å². The molecule has 0 saturated heterocycles. The Hall–Kier alpha value is -1.75. The van der Waals surface area contributed by atoms with Gasteiger partial charge in [0.05, 0.1) is 12.7 Å². The van der Waals surface area contributed by atoms with Crippen LogP contribution < -0.4 is 5.32 Å². The third kappa shape index (κ3) is 4.42. The first-order chi connectivity index (χ1) is 9.79. The van der Waals surface area contributed by atoms with Crippen LogP contribution in [-0.2, 0) is 6.54 Å². The minimum Gasteiger partial charge on any atom is -0.308 e. The van der Waals surface area contributed by atoms with Crippen molar-refractivity contribution in [3.8, 4) is 0 Å². The molecule has 0 amide bonds. The molecule has 0 fully saturated rings. The molecule has 0 saturated carbocycles. The average Bonchev–Trinajstić information content (AvgIpc) is 2.97. The smallest absolute Gasteiger partial charge is 0.123 e. The summed E-state index contributed by atoms with van der Waals surface area (Å²) < 4.78 is 14.8. The maximum atomic E-state index is 13.0. The molecule has 1 N–H and O–H groups in total. The van der Waals surface area contributed by atoms with Gasteiger partial charge in [0.25, 0.3) is 0 Å². The number of nitrogens with one attached hydrogen (secondary N) is 1. The zero-order valence-corrected chi connectivity index (χ0v) is 11.8. The Morgan fingerprint density at radius 1 is 1.30 bits per heavy atom. The maximum Gasteiger partial charge on any atom is 0.123 e. The van der Waals surface area contributed by atoms with E-state index >= 15 is 0 Å². The van der Waals surface area contributed by atoms with E-state index in [1.807, 2.05) is 18.3 Å². The third-order valence-corrected chi connectivity index (χ3v) is 3.32. The zero-order chi connectivity index (χ0) is 14.2. The highest BCUT2D eigenvalue weighted by molar-refractivity contribution is 5.19. The molecule has 5 heteroatoms. The molecule has 0 aliphatic heterocycles.